The quantitative estimate of drug-likeness (QED) is 0.565. The van der Waals surface area contributed by atoms with E-state index >= 15 is 0 Å². The second kappa shape index (κ2) is 3.91. The number of rotatable bonds is 2. The zero-order chi connectivity index (χ0) is 7.40. The minimum absolute atomic E-state index is 0.0362. The summed E-state index contributed by atoms with van der Waals surface area (Å²) < 4.78 is 5.20. The molecule has 1 fully saturated rings. The molecule has 0 amide bonds. The van der Waals surface area contributed by atoms with Crippen molar-refractivity contribution in [1.82, 2.24) is 0 Å². The van der Waals surface area contributed by atoms with E-state index in [1.54, 1.807) is 0 Å². The Morgan fingerprint density at radius 1 is 1.30 bits per heavy atom. The van der Waals surface area contributed by atoms with Crippen molar-refractivity contribution in [2.24, 2.45) is 5.92 Å². The molecule has 10 heavy (non-hydrogen) atoms. The third-order valence-corrected chi connectivity index (χ3v) is 1.94. The maximum absolute atomic E-state index is 8.77. The highest BCUT2D eigenvalue weighted by Crippen LogP contribution is 2.18. The highest BCUT2D eigenvalue weighted by atomic mass is 16.5. The molecule has 2 N–H and O–H groups in total. The molecule has 0 aromatic rings. The van der Waals surface area contributed by atoms with Gasteiger partial charge in [0, 0.05) is 13.2 Å². The Morgan fingerprint density at radius 3 is 2.70 bits per heavy atom. The topological polar surface area (TPSA) is 49.7 Å². The Morgan fingerprint density at radius 2 is 2.10 bits per heavy atom. The molecule has 1 aliphatic heterocycles. The monoisotopic (exact) mass is 146 g/mol. The second-order valence-electron chi connectivity index (χ2n) is 2.75. The van der Waals surface area contributed by atoms with Crippen molar-refractivity contribution < 1.29 is 14.9 Å². The molecule has 2 atom stereocenters. The first-order chi connectivity index (χ1) is 4.86. The van der Waals surface area contributed by atoms with E-state index in [4.69, 9.17) is 14.9 Å². The highest BCUT2D eigenvalue weighted by Gasteiger charge is 2.20. The molecular weight excluding hydrogens is 132 g/mol. The fraction of sp³-hybridized carbons (Fsp3) is 1.00. The van der Waals surface area contributed by atoms with Gasteiger partial charge in [-0.05, 0) is 18.8 Å². The molecule has 2 unspecified atom stereocenters. The van der Waals surface area contributed by atoms with Crippen molar-refractivity contribution in [3.8, 4) is 0 Å². The third-order valence-electron chi connectivity index (χ3n) is 1.94. The molecule has 1 saturated heterocycles. The summed E-state index contributed by atoms with van der Waals surface area (Å²) in [6.07, 6.45) is 1.69. The van der Waals surface area contributed by atoms with Crippen LogP contribution in [0.5, 0.6) is 0 Å². The molecule has 3 nitrogen and oxygen atoms in total. The molecule has 0 saturated carbocycles. The third kappa shape index (κ3) is 1.94. The average molecular weight is 146 g/mol. The Labute approximate surface area is 60.6 Å². The normalized spacial score (nSPS) is 34.2. The van der Waals surface area contributed by atoms with Crippen molar-refractivity contribution in [2.75, 3.05) is 19.8 Å². The fourth-order valence-corrected chi connectivity index (χ4v) is 1.25. The first kappa shape index (κ1) is 7.98. The van der Waals surface area contributed by atoms with Crippen molar-refractivity contribution in [2.45, 2.75) is 18.9 Å². The van der Waals surface area contributed by atoms with Crippen LogP contribution in [0.4, 0.5) is 0 Å². The van der Waals surface area contributed by atoms with Crippen LogP contribution in [-0.4, -0.2) is 36.1 Å². The van der Waals surface area contributed by atoms with Gasteiger partial charge in [-0.15, -0.1) is 0 Å². The van der Waals surface area contributed by atoms with Gasteiger partial charge in [0.15, 0.2) is 0 Å². The lowest BCUT2D eigenvalue weighted by molar-refractivity contribution is -0.0465. The molecule has 0 spiro atoms. The lowest BCUT2D eigenvalue weighted by Gasteiger charge is -2.26. The maximum Gasteiger partial charge on any atom is 0.0809 e. The average Bonchev–Trinajstić information content (AvgIpc) is 2.05. The maximum atomic E-state index is 8.77. The summed E-state index contributed by atoms with van der Waals surface area (Å²) in [6.45, 7) is 0.979. The van der Waals surface area contributed by atoms with E-state index in [0.717, 1.165) is 12.8 Å². The van der Waals surface area contributed by atoms with E-state index < -0.39 is 0 Å². The molecular formula is C7H14O3. The number of ether oxygens (including phenoxy) is 1. The van der Waals surface area contributed by atoms with Crippen molar-refractivity contribution in [1.29, 1.82) is 0 Å². The molecule has 1 aliphatic rings. The van der Waals surface area contributed by atoms with E-state index in [1.807, 2.05) is 0 Å². The van der Waals surface area contributed by atoms with Crippen LogP contribution >= 0.6 is 0 Å². The van der Waals surface area contributed by atoms with Crippen LogP contribution in [0.2, 0.25) is 0 Å². The molecule has 0 bridgehead atoms. The van der Waals surface area contributed by atoms with Gasteiger partial charge in [0.25, 0.3) is 0 Å². The minimum Gasteiger partial charge on any atom is -0.396 e. The second-order valence-corrected chi connectivity index (χ2v) is 2.75. The summed E-state index contributed by atoms with van der Waals surface area (Å²) in [4.78, 5) is 0. The molecule has 0 aromatic carbocycles. The Hall–Kier alpha value is -0.120. The van der Waals surface area contributed by atoms with Gasteiger partial charge in [-0.3, -0.25) is 0 Å². The predicted octanol–water partition coefficient (Wildman–Crippen LogP) is -0.234. The minimum atomic E-state index is -0.0362. The SMILES string of the molecule is OCC1CCOC(CO)C1. The summed E-state index contributed by atoms with van der Waals surface area (Å²) >= 11 is 0. The van der Waals surface area contributed by atoms with Crippen LogP contribution in [0.3, 0.4) is 0 Å². The first-order valence-corrected chi connectivity index (χ1v) is 3.70. The lowest BCUT2D eigenvalue weighted by Crippen LogP contribution is -2.29. The molecule has 3 heteroatoms. The van der Waals surface area contributed by atoms with Crippen LogP contribution in [0.15, 0.2) is 0 Å². The van der Waals surface area contributed by atoms with E-state index in [1.165, 1.54) is 0 Å². The highest BCUT2D eigenvalue weighted by molar-refractivity contribution is 4.69. The van der Waals surface area contributed by atoms with E-state index in [-0.39, 0.29) is 19.3 Å². The van der Waals surface area contributed by atoms with Crippen molar-refractivity contribution in [3.05, 3.63) is 0 Å². The smallest absolute Gasteiger partial charge is 0.0809 e. The largest absolute Gasteiger partial charge is 0.396 e. The fourth-order valence-electron chi connectivity index (χ4n) is 1.25. The van der Waals surface area contributed by atoms with Gasteiger partial charge >= 0.3 is 0 Å². The Kier molecular flexibility index (Phi) is 3.12. The van der Waals surface area contributed by atoms with Gasteiger partial charge in [-0.25, -0.2) is 0 Å². The first-order valence-electron chi connectivity index (χ1n) is 3.70. The van der Waals surface area contributed by atoms with Gasteiger partial charge in [-0.1, -0.05) is 0 Å². The zero-order valence-corrected chi connectivity index (χ0v) is 5.99. The lowest BCUT2D eigenvalue weighted by atomic mass is 9.97. The summed E-state index contributed by atoms with van der Waals surface area (Å²) in [6, 6.07) is 0. The van der Waals surface area contributed by atoms with Crippen molar-refractivity contribution in [3.63, 3.8) is 0 Å². The molecule has 1 rings (SSSR count). The van der Waals surface area contributed by atoms with Gasteiger partial charge in [0.05, 0.1) is 12.7 Å². The molecule has 0 radical (unpaired) electrons. The van der Waals surface area contributed by atoms with E-state index in [0.29, 0.717) is 12.5 Å². The summed E-state index contributed by atoms with van der Waals surface area (Å²) in [5, 5.41) is 17.5. The van der Waals surface area contributed by atoms with Gasteiger partial charge < -0.3 is 14.9 Å². The summed E-state index contributed by atoms with van der Waals surface area (Å²) in [5.74, 6) is 0.339. The van der Waals surface area contributed by atoms with E-state index in [2.05, 4.69) is 0 Å². The summed E-state index contributed by atoms with van der Waals surface area (Å²) in [5.41, 5.74) is 0. The van der Waals surface area contributed by atoms with Gasteiger partial charge in [-0.2, -0.15) is 0 Å². The van der Waals surface area contributed by atoms with Crippen LogP contribution in [0.1, 0.15) is 12.8 Å². The molecule has 60 valence electrons. The van der Waals surface area contributed by atoms with Crippen LogP contribution < -0.4 is 0 Å². The Bertz CT molecular complexity index is 84.9. The van der Waals surface area contributed by atoms with Crippen molar-refractivity contribution >= 4 is 0 Å². The van der Waals surface area contributed by atoms with Gasteiger partial charge in [0.2, 0.25) is 0 Å². The number of aliphatic hydroxyl groups excluding tert-OH is 2. The predicted molar refractivity (Wildman–Crippen MR) is 36.6 cm³/mol. The molecule has 0 aliphatic carbocycles. The van der Waals surface area contributed by atoms with Crippen LogP contribution in [0, 0.1) is 5.92 Å². The number of hydrogen-bond donors (Lipinski definition) is 2. The van der Waals surface area contributed by atoms with Crippen LogP contribution in [-0.2, 0) is 4.74 Å². The Balaban J connectivity index is 2.25. The van der Waals surface area contributed by atoms with Crippen LogP contribution in [0.25, 0.3) is 0 Å². The zero-order valence-electron chi connectivity index (χ0n) is 5.99. The number of hydrogen-bond acceptors (Lipinski definition) is 3. The van der Waals surface area contributed by atoms with E-state index in [9.17, 15) is 0 Å². The summed E-state index contributed by atoms with van der Waals surface area (Å²) in [7, 11) is 0. The number of aliphatic hydroxyl groups is 2. The van der Waals surface area contributed by atoms with Gasteiger partial charge in [0.1, 0.15) is 0 Å². The molecule has 0 aromatic heterocycles. The molecule has 1 heterocycles. The standard InChI is InChI=1S/C7H14O3/c8-4-6-1-2-10-7(3-6)5-9/h6-9H,1-5H2.